The highest BCUT2D eigenvalue weighted by Gasteiger charge is 2.09. The minimum atomic E-state index is -0.242. The fourth-order valence-corrected chi connectivity index (χ4v) is 3.46. The Morgan fingerprint density at radius 1 is 1.23 bits per heavy atom. The molecule has 1 amide bonds. The molecule has 6 heteroatoms. The van der Waals surface area contributed by atoms with Gasteiger partial charge in [-0.05, 0) is 43.2 Å². The Bertz CT molecular complexity index is 924. The van der Waals surface area contributed by atoms with E-state index in [1.54, 1.807) is 24.4 Å². The topological polar surface area (TPSA) is 51.2 Å². The molecule has 0 bridgehead atoms. The van der Waals surface area contributed by atoms with Crippen LogP contribution in [0.1, 0.15) is 21.6 Å². The highest BCUT2D eigenvalue weighted by Crippen LogP contribution is 2.23. The zero-order valence-electron chi connectivity index (χ0n) is 14.6. The largest absolute Gasteiger partial charge is 0.484 e. The molecule has 0 saturated carbocycles. The first-order chi connectivity index (χ1) is 12.5. The van der Waals surface area contributed by atoms with Gasteiger partial charge in [0, 0.05) is 22.5 Å². The highest BCUT2D eigenvalue weighted by atomic mass is 35.5. The summed E-state index contributed by atoms with van der Waals surface area (Å²) in [7, 11) is 0. The van der Waals surface area contributed by atoms with Crippen molar-refractivity contribution in [3.05, 3.63) is 75.3 Å². The average molecular weight is 387 g/mol. The lowest BCUT2D eigenvalue weighted by Crippen LogP contribution is -2.20. The van der Waals surface area contributed by atoms with E-state index in [1.165, 1.54) is 22.5 Å². The summed E-state index contributed by atoms with van der Waals surface area (Å²) in [4.78, 5) is 17.4. The molecular weight excluding hydrogens is 368 g/mol. The molecule has 134 valence electrons. The molecular formula is C20H19ClN2O2S. The maximum absolute atomic E-state index is 12.1. The first-order valence-electron chi connectivity index (χ1n) is 8.18. The standard InChI is InChI=1S/C20H19ClN2O2S/c1-13-4-3-5-15(8-13)10-17-11-22-20(26-17)23-19(24)12-25-16-6-7-18(21)14(2)9-16/h3-9,11H,10,12H2,1-2H3,(H,22,23,24). The summed E-state index contributed by atoms with van der Waals surface area (Å²) in [5.74, 6) is 0.371. The predicted molar refractivity (Wildman–Crippen MR) is 106 cm³/mol. The normalized spacial score (nSPS) is 10.6. The maximum atomic E-state index is 12.1. The number of benzene rings is 2. The molecule has 1 N–H and O–H groups in total. The number of carbonyl (C=O) groups is 1. The molecule has 0 saturated heterocycles. The Morgan fingerprint density at radius 3 is 2.85 bits per heavy atom. The highest BCUT2D eigenvalue weighted by molar-refractivity contribution is 7.15. The van der Waals surface area contributed by atoms with E-state index in [-0.39, 0.29) is 12.5 Å². The van der Waals surface area contributed by atoms with Crippen LogP contribution in [0.25, 0.3) is 0 Å². The molecule has 0 fully saturated rings. The number of aromatic nitrogens is 1. The number of rotatable bonds is 6. The Labute approximate surface area is 161 Å². The molecule has 0 radical (unpaired) electrons. The third-order valence-electron chi connectivity index (χ3n) is 3.76. The molecule has 2 aromatic carbocycles. The molecule has 1 heterocycles. The fraction of sp³-hybridized carbons (Fsp3) is 0.200. The summed E-state index contributed by atoms with van der Waals surface area (Å²) >= 11 is 7.45. The van der Waals surface area contributed by atoms with Crippen molar-refractivity contribution in [2.45, 2.75) is 20.3 Å². The van der Waals surface area contributed by atoms with E-state index in [4.69, 9.17) is 16.3 Å². The molecule has 3 rings (SSSR count). The number of thiazole rings is 1. The van der Waals surface area contributed by atoms with E-state index in [0.717, 1.165) is 16.9 Å². The maximum Gasteiger partial charge on any atom is 0.264 e. The van der Waals surface area contributed by atoms with Crippen molar-refractivity contribution >= 4 is 34.0 Å². The van der Waals surface area contributed by atoms with Gasteiger partial charge < -0.3 is 4.74 Å². The van der Waals surface area contributed by atoms with Gasteiger partial charge in [-0.2, -0.15) is 0 Å². The van der Waals surface area contributed by atoms with Gasteiger partial charge in [0.1, 0.15) is 5.75 Å². The number of nitrogens with one attached hydrogen (secondary N) is 1. The SMILES string of the molecule is Cc1cccc(Cc2cnc(NC(=O)COc3ccc(Cl)c(C)c3)s2)c1. The zero-order valence-corrected chi connectivity index (χ0v) is 16.2. The first kappa shape index (κ1) is 18.4. The van der Waals surface area contributed by atoms with E-state index in [0.29, 0.717) is 15.9 Å². The van der Waals surface area contributed by atoms with Crippen molar-refractivity contribution in [3.63, 3.8) is 0 Å². The molecule has 0 spiro atoms. The second-order valence-electron chi connectivity index (χ2n) is 6.05. The number of nitrogens with zero attached hydrogens (tertiary/aromatic N) is 1. The van der Waals surface area contributed by atoms with Crippen LogP contribution in [0, 0.1) is 13.8 Å². The molecule has 0 aliphatic rings. The summed E-state index contributed by atoms with van der Waals surface area (Å²) in [6, 6.07) is 13.7. The number of anilines is 1. The van der Waals surface area contributed by atoms with Gasteiger partial charge in [0.15, 0.2) is 11.7 Å². The van der Waals surface area contributed by atoms with E-state index in [2.05, 4.69) is 35.4 Å². The quantitative estimate of drug-likeness (QED) is 0.647. The van der Waals surface area contributed by atoms with Crippen LogP contribution in [0.2, 0.25) is 5.02 Å². The van der Waals surface area contributed by atoms with Gasteiger partial charge in [0.05, 0.1) is 0 Å². The first-order valence-corrected chi connectivity index (χ1v) is 9.38. The summed E-state index contributed by atoms with van der Waals surface area (Å²) in [6.07, 6.45) is 2.60. The van der Waals surface area contributed by atoms with Crippen LogP contribution >= 0.6 is 22.9 Å². The Hall–Kier alpha value is -2.37. The fourth-order valence-electron chi connectivity index (χ4n) is 2.48. The Kier molecular flexibility index (Phi) is 5.91. The van der Waals surface area contributed by atoms with E-state index >= 15 is 0 Å². The van der Waals surface area contributed by atoms with Gasteiger partial charge in [0.25, 0.3) is 5.91 Å². The van der Waals surface area contributed by atoms with Gasteiger partial charge in [0.2, 0.25) is 0 Å². The van der Waals surface area contributed by atoms with Gasteiger partial charge in [-0.15, -0.1) is 11.3 Å². The molecule has 0 unspecified atom stereocenters. The monoisotopic (exact) mass is 386 g/mol. The zero-order chi connectivity index (χ0) is 18.5. The number of hydrogen-bond donors (Lipinski definition) is 1. The van der Waals surface area contributed by atoms with Crippen molar-refractivity contribution in [1.82, 2.24) is 4.98 Å². The Morgan fingerprint density at radius 2 is 2.08 bits per heavy atom. The number of carbonyl (C=O) groups excluding carboxylic acids is 1. The smallest absolute Gasteiger partial charge is 0.264 e. The summed E-state index contributed by atoms with van der Waals surface area (Å²) in [6.45, 7) is 3.89. The molecule has 26 heavy (non-hydrogen) atoms. The Balaban J connectivity index is 1.53. The van der Waals surface area contributed by atoms with Gasteiger partial charge >= 0.3 is 0 Å². The van der Waals surface area contributed by atoms with Gasteiger partial charge in [-0.3, -0.25) is 10.1 Å². The van der Waals surface area contributed by atoms with Crippen LogP contribution in [0.4, 0.5) is 5.13 Å². The van der Waals surface area contributed by atoms with E-state index < -0.39 is 0 Å². The van der Waals surface area contributed by atoms with E-state index in [9.17, 15) is 4.79 Å². The number of halogens is 1. The van der Waals surface area contributed by atoms with Crippen molar-refractivity contribution < 1.29 is 9.53 Å². The lowest BCUT2D eigenvalue weighted by Gasteiger charge is -2.07. The molecule has 3 aromatic rings. The van der Waals surface area contributed by atoms with E-state index in [1.807, 2.05) is 13.0 Å². The minimum absolute atomic E-state index is 0.0755. The number of aryl methyl sites for hydroxylation is 2. The summed E-state index contributed by atoms with van der Waals surface area (Å²) < 4.78 is 5.50. The van der Waals surface area contributed by atoms with Crippen molar-refractivity contribution in [2.24, 2.45) is 0 Å². The van der Waals surface area contributed by atoms with Crippen LogP contribution in [0.3, 0.4) is 0 Å². The lowest BCUT2D eigenvalue weighted by atomic mass is 10.1. The number of ether oxygens (including phenoxy) is 1. The van der Waals surface area contributed by atoms with Crippen LogP contribution < -0.4 is 10.1 Å². The van der Waals surface area contributed by atoms with Crippen LogP contribution in [-0.2, 0) is 11.2 Å². The minimum Gasteiger partial charge on any atom is -0.484 e. The summed E-state index contributed by atoms with van der Waals surface area (Å²) in [5, 5.41) is 4.02. The van der Waals surface area contributed by atoms with Crippen LogP contribution in [0.5, 0.6) is 5.75 Å². The van der Waals surface area contributed by atoms with Crippen molar-refractivity contribution in [2.75, 3.05) is 11.9 Å². The lowest BCUT2D eigenvalue weighted by molar-refractivity contribution is -0.118. The second-order valence-corrected chi connectivity index (χ2v) is 7.57. The predicted octanol–water partition coefficient (Wildman–Crippen LogP) is 5.02. The third-order valence-corrected chi connectivity index (χ3v) is 5.10. The number of amides is 1. The molecule has 0 aliphatic heterocycles. The average Bonchev–Trinajstić information content (AvgIpc) is 3.03. The van der Waals surface area contributed by atoms with Crippen molar-refractivity contribution in [3.8, 4) is 5.75 Å². The van der Waals surface area contributed by atoms with Gasteiger partial charge in [-0.25, -0.2) is 4.98 Å². The molecule has 0 atom stereocenters. The van der Waals surface area contributed by atoms with Gasteiger partial charge in [-0.1, -0.05) is 41.4 Å². The summed E-state index contributed by atoms with van der Waals surface area (Å²) in [5.41, 5.74) is 3.37. The molecule has 0 aliphatic carbocycles. The molecule has 4 nitrogen and oxygen atoms in total. The van der Waals surface area contributed by atoms with Crippen LogP contribution in [-0.4, -0.2) is 17.5 Å². The number of hydrogen-bond acceptors (Lipinski definition) is 4. The second kappa shape index (κ2) is 8.34. The van der Waals surface area contributed by atoms with Crippen LogP contribution in [0.15, 0.2) is 48.7 Å². The third kappa shape index (κ3) is 5.07. The molecule has 1 aromatic heterocycles. The van der Waals surface area contributed by atoms with Crippen molar-refractivity contribution in [1.29, 1.82) is 0 Å².